The summed E-state index contributed by atoms with van der Waals surface area (Å²) in [6, 6.07) is 0.248. The Hall–Kier alpha value is -0.650. The van der Waals surface area contributed by atoms with E-state index in [0.29, 0.717) is 19.1 Å². The van der Waals surface area contributed by atoms with Crippen molar-refractivity contribution in [2.24, 2.45) is 5.73 Å². The molecule has 0 saturated carbocycles. The molecule has 0 amide bonds. The molecule has 1 aliphatic rings. The lowest BCUT2D eigenvalue weighted by Gasteiger charge is -2.38. The monoisotopic (exact) mass is 286 g/mol. The molecule has 0 aliphatic carbocycles. The van der Waals surface area contributed by atoms with Gasteiger partial charge in [-0.15, -0.1) is 0 Å². The summed E-state index contributed by atoms with van der Waals surface area (Å²) in [5, 5.41) is 0. The molecule has 118 valence electrons. The minimum absolute atomic E-state index is 0.248. The van der Waals surface area contributed by atoms with Gasteiger partial charge in [-0.25, -0.2) is 0 Å². The number of ether oxygens (including phenoxy) is 2. The molecule has 5 nitrogen and oxygen atoms in total. The maximum Gasteiger partial charge on any atom is 0.325 e. The zero-order chi connectivity index (χ0) is 15.2. The van der Waals surface area contributed by atoms with Crippen LogP contribution in [0.3, 0.4) is 0 Å². The number of nitrogens with zero attached hydrogens (tertiary/aromatic N) is 1. The van der Waals surface area contributed by atoms with Crippen LogP contribution in [-0.4, -0.2) is 54.9 Å². The number of carbonyl (C=O) groups excluding carboxylic acids is 1. The molecule has 1 heterocycles. The molecule has 0 aromatic rings. The first-order valence-electron chi connectivity index (χ1n) is 7.72. The zero-order valence-corrected chi connectivity index (χ0v) is 13.4. The van der Waals surface area contributed by atoms with Gasteiger partial charge in [-0.05, 0) is 53.5 Å². The first-order valence-corrected chi connectivity index (χ1v) is 7.72. The molecule has 3 atom stereocenters. The second-order valence-electron chi connectivity index (χ2n) is 5.91. The number of piperidine rings is 1. The first kappa shape index (κ1) is 17.4. The van der Waals surface area contributed by atoms with Crippen LogP contribution in [0.4, 0.5) is 0 Å². The van der Waals surface area contributed by atoms with E-state index in [-0.39, 0.29) is 12.0 Å². The van der Waals surface area contributed by atoms with E-state index in [9.17, 15) is 4.79 Å². The molecule has 0 bridgehead atoms. The molecule has 1 rings (SSSR count). The van der Waals surface area contributed by atoms with E-state index in [1.165, 1.54) is 0 Å². The standard InChI is InChI=1S/C15H30N2O3/c1-5-19-13-8-7-9-17(11-13)12(3)10-15(4,16)14(18)20-6-2/h12-13H,5-11,16H2,1-4H3. The third-order valence-corrected chi connectivity index (χ3v) is 3.90. The van der Waals surface area contributed by atoms with Crippen LogP contribution in [0.2, 0.25) is 0 Å². The predicted octanol–water partition coefficient (Wildman–Crippen LogP) is 1.55. The van der Waals surface area contributed by atoms with Crippen LogP contribution in [0.25, 0.3) is 0 Å². The summed E-state index contributed by atoms with van der Waals surface area (Å²) in [5.41, 5.74) is 5.19. The molecular weight excluding hydrogens is 256 g/mol. The van der Waals surface area contributed by atoms with E-state index in [4.69, 9.17) is 15.2 Å². The number of rotatable bonds is 7. The third kappa shape index (κ3) is 5.04. The smallest absolute Gasteiger partial charge is 0.325 e. The fourth-order valence-electron chi connectivity index (χ4n) is 2.86. The summed E-state index contributed by atoms with van der Waals surface area (Å²) in [6.45, 7) is 10.8. The van der Waals surface area contributed by atoms with E-state index in [2.05, 4.69) is 11.8 Å². The van der Waals surface area contributed by atoms with Gasteiger partial charge in [0.2, 0.25) is 0 Å². The quantitative estimate of drug-likeness (QED) is 0.719. The lowest BCUT2D eigenvalue weighted by Crippen LogP contribution is -2.53. The van der Waals surface area contributed by atoms with Gasteiger partial charge < -0.3 is 15.2 Å². The molecule has 0 aromatic heterocycles. The number of likely N-dealkylation sites (tertiary alicyclic amines) is 1. The van der Waals surface area contributed by atoms with Crippen molar-refractivity contribution in [3.8, 4) is 0 Å². The van der Waals surface area contributed by atoms with Crippen molar-refractivity contribution in [3.05, 3.63) is 0 Å². The Morgan fingerprint density at radius 1 is 1.45 bits per heavy atom. The van der Waals surface area contributed by atoms with Gasteiger partial charge in [-0.1, -0.05) is 0 Å². The molecule has 2 N–H and O–H groups in total. The Bertz CT molecular complexity index is 305. The number of hydrogen-bond acceptors (Lipinski definition) is 5. The molecule has 1 saturated heterocycles. The number of carbonyl (C=O) groups is 1. The van der Waals surface area contributed by atoms with Crippen LogP contribution in [0.1, 0.15) is 47.0 Å². The maximum absolute atomic E-state index is 11.9. The highest BCUT2D eigenvalue weighted by molar-refractivity contribution is 5.80. The van der Waals surface area contributed by atoms with Gasteiger partial charge in [0.05, 0.1) is 12.7 Å². The van der Waals surface area contributed by atoms with E-state index < -0.39 is 5.54 Å². The normalized spacial score (nSPS) is 24.9. The van der Waals surface area contributed by atoms with Gasteiger partial charge in [0.15, 0.2) is 0 Å². The number of hydrogen-bond donors (Lipinski definition) is 1. The Morgan fingerprint density at radius 2 is 2.15 bits per heavy atom. The fourth-order valence-corrected chi connectivity index (χ4v) is 2.86. The van der Waals surface area contributed by atoms with Crippen LogP contribution in [0.5, 0.6) is 0 Å². The molecule has 1 fully saturated rings. The molecule has 1 aliphatic heterocycles. The van der Waals surface area contributed by atoms with Crippen LogP contribution in [-0.2, 0) is 14.3 Å². The van der Waals surface area contributed by atoms with Gasteiger partial charge in [0.1, 0.15) is 5.54 Å². The molecule has 20 heavy (non-hydrogen) atoms. The van der Waals surface area contributed by atoms with Gasteiger partial charge in [-0.3, -0.25) is 9.69 Å². The van der Waals surface area contributed by atoms with Crippen LogP contribution >= 0.6 is 0 Å². The second kappa shape index (κ2) is 7.96. The van der Waals surface area contributed by atoms with Crippen LogP contribution < -0.4 is 5.73 Å². The van der Waals surface area contributed by atoms with Crippen molar-refractivity contribution in [2.45, 2.75) is 64.6 Å². The van der Waals surface area contributed by atoms with E-state index in [1.54, 1.807) is 13.8 Å². The van der Waals surface area contributed by atoms with Crippen molar-refractivity contribution in [1.82, 2.24) is 4.90 Å². The number of esters is 1. The lowest BCUT2D eigenvalue weighted by molar-refractivity contribution is -0.149. The highest BCUT2D eigenvalue weighted by atomic mass is 16.5. The summed E-state index contributed by atoms with van der Waals surface area (Å²) >= 11 is 0. The van der Waals surface area contributed by atoms with Crippen molar-refractivity contribution >= 4 is 5.97 Å². The molecule has 3 unspecified atom stereocenters. The van der Waals surface area contributed by atoms with Crippen LogP contribution in [0.15, 0.2) is 0 Å². The fraction of sp³-hybridized carbons (Fsp3) is 0.933. The predicted molar refractivity (Wildman–Crippen MR) is 79.5 cm³/mol. The van der Waals surface area contributed by atoms with Crippen LogP contribution in [0, 0.1) is 0 Å². The Labute approximate surface area is 122 Å². The topological polar surface area (TPSA) is 64.8 Å². The number of nitrogens with two attached hydrogens (primary N) is 1. The van der Waals surface area contributed by atoms with E-state index >= 15 is 0 Å². The minimum Gasteiger partial charge on any atom is -0.465 e. The lowest BCUT2D eigenvalue weighted by atomic mass is 9.93. The van der Waals surface area contributed by atoms with Gasteiger partial charge >= 0.3 is 5.97 Å². The maximum atomic E-state index is 11.9. The minimum atomic E-state index is -0.923. The average Bonchev–Trinajstić information content (AvgIpc) is 2.39. The molecular formula is C15H30N2O3. The molecule has 5 heteroatoms. The SMILES string of the molecule is CCOC(=O)C(C)(N)CC(C)N1CCCC(OCC)C1. The van der Waals surface area contributed by atoms with E-state index in [1.807, 2.05) is 6.92 Å². The molecule has 0 aromatic carbocycles. The van der Waals surface area contributed by atoms with Crippen molar-refractivity contribution < 1.29 is 14.3 Å². The Morgan fingerprint density at radius 3 is 2.75 bits per heavy atom. The van der Waals surface area contributed by atoms with E-state index in [0.717, 1.165) is 32.5 Å². The van der Waals surface area contributed by atoms with Crippen molar-refractivity contribution in [3.63, 3.8) is 0 Å². The zero-order valence-electron chi connectivity index (χ0n) is 13.4. The van der Waals surface area contributed by atoms with Gasteiger partial charge in [-0.2, -0.15) is 0 Å². The summed E-state index contributed by atoms with van der Waals surface area (Å²) < 4.78 is 10.8. The largest absolute Gasteiger partial charge is 0.465 e. The molecule has 0 radical (unpaired) electrons. The highest BCUT2D eigenvalue weighted by Gasteiger charge is 2.34. The van der Waals surface area contributed by atoms with Crippen molar-refractivity contribution in [1.29, 1.82) is 0 Å². The third-order valence-electron chi connectivity index (χ3n) is 3.90. The first-order chi connectivity index (χ1) is 9.40. The van der Waals surface area contributed by atoms with Gasteiger partial charge in [0.25, 0.3) is 0 Å². The average molecular weight is 286 g/mol. The summed E-state index contributed by atoms with van der Waals surface area (Å²) in [5.74, 6) is -0.315. The Balaban J connectivity index is 2.52. The van der Waals surface area contributed by atoms with Gasteiger partial charge in [0, 0.05) is 19.2 Å². The second-order valence-corrected chi connectivity index (χ2v) is 5.91. The Kier molecular flexibility index (Phi) is 6.92. The summed E-state index contributed by atoms with van der Waals surface area (Å²) in [6.07, 6.45) is 3.16. The summed E-state index contributed by atoms with van der Waals surface area (Å²) in [4.78, 5) is 14.2. The highest BCUT2D eigenvalue weighted by Crippen LogP contribution is 2.21. The molecule has 0 spiro atoms. The van der Waals surface area contributed by atoms with Crippen molar-refractivity contribution in [2.75, 3.05) is 26.3 Å². The summed E-state index contributed by atoms with van der Waals surface area (Å²) in [7, 11) is 0.